The molecule has 1 N–H and O–H groups in total. The lowest BCUT2D eigenvalue weighted by molar-refractivity contribution is -0.133. The van der Waals surface area contributed by atoms with E-state index in [-0.39, 0.29) is 5.91 Å². The van der Waals surface area contributed by atoms with Crippen molar-refractivity contribution in [3.63, 3.8) is 0 Å². The lowest BCUT2D eigenvalue weighted by atomic mass is 9.72. The molecule has 1 fully saturated rings. The van der Waals surface area contributed by atoms with Crippen LogP contribution in [0.15, 0.2) is 85.6 Å². The Morgan fingerprint density at radius 2 is 1.88 bits per heavy atom. The average Bonchev–Trinajstić information content (AvgIpc) is 2.85. The molecule has 0 bridgehead atoms. The quantitative estimate of drug-likeness (QED) is 0.492. The zero-order chi connectivity index (χ0) is 23.1. The summed E-state index contributed by atoms with van der Waals surface area (Å²) >= 11 is 0. The maximum atomic E-state index is 13.4. The van der Waals surface area contributed by atoms with Crippen LogP contribution in [0.5, 0.6) is 0 Å². The van der Waals surface area contributed by atoms with Crippen molar-refractivity contribution in [3.8, 4) is 11.1 Å². The van der Waals surface area contributed by atoms with E-state index in [2.05, 4.69) is 83.3 Å². The molecule has 0 aliphatic carbocycles. The molecule has 0 unspecified atom stereocenters. The number of aromatic nitrogens is 1. The Kier molecular flexibility index (Phi) is 7.36. The average molecular weight is 440 g/mol. The number of hydrogen-bond donors (Lipinski definition) is 1. The van der Waals surface area contributed by atoms with E-state index < -0.39 is 5.41 Å². The second kappa shape index (κ2) is 10.6. The third-order valence-corrected chi connectivity index (χ3v) is 6.74. The molecule has 2 heterocycles. The molecular weight excluding hydrogens is 406 g/mol. The highest BCUT2D eigenvalue weighted by Gasteiger charge is 2.41. The van der Waals surface area contributed by atoms with Crippen LogP contribution in [-0.2, 0) is 17.8 Å². The molecule has 4 rings (SSSR count). The Labute approximate surface area is 197 Å². The summed E-state index contributed by atoms with van der Waals surface area (Å²) in [5.74, 6) is 0.140. The number of hydrogen-bond acceptors (Lipinski definition) is 3. The number of aryl methyl sites for hydroxylation is 1. The van der Waals surface area contributed by atoms with Gasteiger partial charge in [-0.05, 0) is 73.7 Å². The van der Waals surface area contributed by atoms with Crippen molar-refractivity contribution < 1.29 is 4.79 Å². The number of carbonyl (C=O) groups excluding carboxylic acids is 1. The van der Waals surface area contributed by atoms with E-state index in [1.54, 1.807) is 6.08 Å². The van der Waals surface area contributed by atoms with Gasteiger partial charge >= 0.3 is 0 Å². The van der Waals surface area contributed by atoms with Crippen LogP contribution < -0.4 is 5.32 Å². The molecule has 1 saturated heterocycles. The summed E-state index contributed by atoms with van der Waals surface area (Å²) in [6.45, 7) is 9.01. The van der Waals surface area contributed by atoms with Gasteiger partial charge in [-0.1, -0.05) is 60.7 Å². The van der Waals surface area contributed by atoms with Gasteiger partial charge in [0.15, 0.2) is 0 Å². The molecule has 1 amide bonds. The molecule has 0 atom stereocenters. The highest BCUT2D eigenvalue weighted by Crippen LogP contribution is 2.37. The number of nitrogens with one attached hydrogen (secondary N) is 1. The van der Waals surface area contributed by atoms with Crippen LogP contribution >= 0.6 is 0 Å². The van der Waals surface area contributed by atoms with Crippen LogP contribution in [0.2, 0.25) is 0 Å². The Hall–Kier alpha value is -3.24. The van der Waals surface area contributed by atoms with Crippen LogP contribution in [-0.4, -0.2) is 35.4 Å². The van der Waals surface area contributed by atoms with Crippen molar-refractivity contribution in [3.05, 3.63) is 102 Å². The zero-order valence-corrected chi connectivity index (χ0v) is 19.5. The first-order valence-corrected chi connectivity index (χ1v) is 11.8. The Morgan fingerprint density at radius 3 is 2.61 bits per heavy atom. The fraction of sp³-hybridized carbons (Fsp3) is 0.310. The van der Waals surface area contributed by atoms with Crippen molar-refractivity contribution in [1.29, 1.82) is 0 Å². The third-order valence-electron chi connectivity index (χ3n) is 6.74. The van der Waals surface area contributed by atoms with E-state index in [0.29, 0.717) is 6.54 Å². The van der Waals surface area contributed by atoms with E-state index in [1.165, 1.54) is 22.3 Å². The van der Waals surface area contributed by atoms with Gasteiger partial charge in [0.2, 0.25) is 5.91 Å². The monoisotopic (exact) mass is 439 g/mol. The first-order valence-electron chi connectivity index (χ1n) is 11.8. The Bertz CT molecular complexity index is 1080. The third kappa shape index (κ3) is 5.58. The number of carbonyl (C=O) groups is 1. The number of nitrogens with zero attached hydrogens (tertiary/aromatic N) is 2. The molecule has 33 heavy (non-hydrogen) atoms. The van der Waals surface area contributed by atoms with Crippen LogP contribution in [0.3, 0.4) is 0 Å². The fourth-order valence-electron chi connectivity index (χ4n) is 4.83. The molecule has 1 aromatic heterocycles. The summed E-state index contributed by atoms with van der Waals surface area (Å²) in [6, 6.07) is 23.2. The van der Waals surface area contributed by atoms with Crippen LogP contribution in [0.1, 0.15) is 29.7 Å². The highest BCUT2D eigenvalue weighted by molar-refractivity contribution is 5.83. The van der Waals surface area contributed by atoms with Gasteiger partial charge in [0, 0.05) is 19.3 Å². The van der Waals surface area contributed by atoms with Gasteiger partial charge < -0.3 is 5.32 Å². The van der Waals surface area contributed by atoms with Crippen molar-refractivity contribution in [1.82, 2.24) is 15.2 Å². The SMILES string of the molecule is C=CCNC(=O)C1(Cc2cccc(-c3ccccc3C)c2)CCN(Cc2ccccn2)CC1. The number of rotatable bonds is 8. The van der Waals surface area contributed by atoms with Crippen molar-refractivity contribution in [2.24, 2.45) is 5.41 Å². The first kappa shape index (κ1) is 22.9. The summed E-state index contributed by atoms with van der Waals surface area (Å²) in [5, 5.41) is 3.10. The summed E-state index contributed by atoms with van der Waals surface area (Å²) in [6.07, 6.45) is 6.00. The van der Waals surface area contributed by atoms with Crippen LogP contribution in [0.4, 0.5) is 0 Å². The molecule has 4 heteroatoms. The van der Waals surface area contributed by atoms with Gasteiger partial charge in [0.05, 0.1) is 11.1 Å². The Morgan fingerprint density at radius 1 is 1.09 bits per heavy atom. The second-order valence-corrected chi connectivity index (χ2v) is 9.07. The summed E-state index contributed by atoms with van der Waals surface area (Å²) in [7, 11) is 0. The Balaban J connectivity index is 1.53. The molecule has 2 aromatic carbocycles. The lowest BCUT2D eigenvalue weighted by Gasteiger charge is -2.40. The summed E-state index contributed by atoms with van der Waals surface area (Å²) in [5.41, 5.74) is 5.59. The van der Waals surface area contributed by atoms with Gasteiger partial charge in [-0.3, -0.25) is 14.7 Å². The van der Waals surface area contributed by atoms with E-state index in [9.17, 15) is 4.79 Å². The predicted octanol–water partition coefficient (Wildman–Crippen LogP) is 5.18. The molecule has 1 aliphatic heterocycles. The molecule has 0 radical (unpaired) electrons. The number of likely N-dealkylation sites (tertiary alicyclic amines) is 1. The van der Waals surface area contributed by atoms with Gasteiger partial charge in [-0.15, -0.1) is 6.58 Å². The lowest BCUT2D eigenvalue weighted by Crippen LogP contribution is -2.50. The summed E-state index contributed by atoms with van der Waals surface area (Å²) in [4.78, 5) is 20.2. The topological polar surface area (TPSA) is 45.2 Å². The standard InChI is InChI=1S/C29H33N3O/c1-3-16-31-28(33)29(14-18-32(19-15-29)22-26-12-6-7-17-30-26)21-24-10-8-11-25(20-24)27-13-5-4-9-23(27)2/h3-13,17,20H,1,14-16,18-19,21-22H2,2H3,(H,31,33). The van der Waals surface area contributed by atoms with Gasteiger partial charge in [-0.25, -0.2) is 0 Å². The minimum Gasteiger partial charge on any atom is -0.352 e. The minimum atomic E-state index is -0.409. The first-order chi connectivity index (χ1) is 16.1. The zero-order valence-electron chi connectivity index (χ0n) is 19.5. The molecule has 4 nitrogen and oxygen atoms in total. The molecule has 1 aliphatic rings. The number of amides is 1. The van der Waals surface area contributed by atoms with Gasteiger partial charge in [0.1, 0.15) is 0 Å². The largest absolute Gasteiger partial charge is 0.352 e. The maximum Gasteiger partial charge on any atom is 0.226 e. The van der Waals surface area contributed by atoms with Crippen molar-refractivity contribution >= 4 is 5.91 Å². The summed E-state index contributed by atoms with van der Waals surface area (Å²) < 4.78 is 0. The smallest absolute Gasteiger partial charge is 0.226 e. The van der Waals surface area contributed by atoms with Crippen molar-refractivity contribution in [2.75, 3.05) is 19.6 Å². The minimum absolute atomic E-state index is 0.140. The molecule has 0 spiro atoms. The molecule has 3 aromatic rings. The molecular formula is C29H33N3O. The maximum absolute atomic E-state index is 13.4. The van der Waals surface area contributed by atoms with Crippen LogP contribution in [0, 0.1) is 12.3 Å². The number of pyridine rings is 1. The van der Waals surface area contributed by atoms with Gasteiger partial charge in [-0.2, -0.15) is 0 Å². The van der Waals surface area contributed by atoms with E-state index in [1.807, 2.05) is 18.3 Å². The van der Waals surface area contributed by atoms with Crippen LogP contribution in [0.25, 0.3) is 11.1 Å². The van der Waals surface area contributed by atoms with E-state index in [4.69, 9.17) is 0 Å². The molecule has 170 valence electrons. The second-order valence-electron chi connectivity index (χ2n) is 9.07. The van der Waals surface area contributed by atoms with E-state index in [0.717, 1.165) is 44.6 Å². The fourth-order valence-corrected chi connectivity index (χ4v) is 4.83. The molecule has 0 saturated carbocycles. The number of benzene rings is 2. The van der Waals surface area contributed by atoms with E-state index >= 15 is 0 Å². The van der Waals surface area contributed by atoms with Gasteiger partial charge in [0.25, 0.3) is 0 Å². The van der Waals surface area contributed by atoms with Crippen molar-refractivity contribution in [2.45, 2.75) is 32.7 Å². The normalized spacial score (nSPS) is 15.7. The highest BCUT2D eigenvalue weighted by atomic mass is 16.2. The number of piperidine rings is 1. The predicted molar refractivity (Wildman–Crippen MR) is 135 cm³/mol.